The predicted octanol–water partition coefficient (Wildman–Crippen LogP) is 2.86. The highest BCUT2D eigenvalue weighted by atomic mass is 32.2. The first-order chi connectivity index (χ1) is 10.3. The van der Waals surface area contributed by atoms with E-state index >= 15 is 0 Å². The number of methoxy groups -OCH3 is 1. The molecule has 1 amide bonds. The number of pyridine rings is 1. The number of thioether (sulfide) groups is 1. The van der Waals surface area contributed by atoms with Crippen molar-refractivity contribution in [3.8, 4) is 5.75 Å². The molecule has 108 valence electrons. The summed E-state index contributed by atoms with van der Waals surface area (Å²) in [5.74, 6) is 1.49. The van der Waals surface area contributed by atoms with Gasteiger partial charge in [-0.1, -0.05) is 18.2 Å². The van der Waals surface area contributed by atoms with Crippen molar-refractivity contribution in [1.82, 2.24) is 9.88 Å². The van der Waals surface area contributed by atoms with Gasteiger partial charge in [-0.05, 0) is 29.8 Å². The molecule has 0 unspecified atom stereocenters. The molecule has 0 spiro atoms. The van der Waals surface area contributed by atoms with E-state index in [1.165, 1.54) is 0 Å². The Labute approximate surface area is 128 Å². The number of nitrogens with zero attached hydrogens (tertiary/aromatic N) is 2. The summed E-state index contributed by atoms with van der Waals surface area (Å²) in [6, 6.07) is 13.6. The van der Waals surface area contributed by atoms with E-state index in [2.05, 4.69) is 4.98 Å². The number of hydrogen-bond acceptors (Lipinski definition) is 4. The second-order valence-electron chi connectivity index (χ2n) is 4.79. The minimum atomic E-state index is 0.000742. The molecule has 0 saturated carbocycles. The van der Waals surface area contributed by atoms with Crippen molar-refractivity contribution in [2.24, 2.45) is 0 Å². The molecule has 4 nitrogen and oxygen atoms in total. The lowest BCUT2D eigenvalue weighted by Gasteiger charge is -2.23. The fourth-order valence-corrected chi connectivity index (χ4v) is 3.47. The Morgan fingerprint density at radius 2 is 2.10 bits per heavy atom. The largest absolute Gasteiger partial charge is 0.497 e. The van der Waals surface area contributed by atoms with Gasteiger partial charge in [0.05, 0.1) is 18.6 Å². The lowest BCUT2D eigenvalue weighted by Crippen LogP contribution is -2.28. The van der Waals surface area contributed by atoms with Crippen LogP contribution in [0.25, 0.3) is 0 Å². The van der Waals surface area contributed by atoms with Gasteiger partial charge in [-0.25, -0.2) is 0 Å². The summed E-state index contributed by atoms with van der Waals surface area (Å²) in [6.07, 6.45) is 1.77. The Morgan fingerprint density at radius 3 is 2.76 bits per heavy atom. The average molecular weight is 300 g/mol. The molecule has 2 aromatic rings. The highest BCUT2D eigenvalue weighted by molar-refractivity contribution is 8.00. The van der Waals surface area contributed by atoms with Crippen LogP contribution < -0.4 is 4.74 Å². The number of amides is 1. The quantitative estimate of drug-likeness (QED) is 0.871. The van der Waals surface area contributed by atoms with Crippen LogP contribution in [-0.4, -0.2) is 28.7 Å². The van der Waals surface area contributed by atoms with Crippen LogP contribution in [0.15, 0.2) is 48.7 Å². The fraction of sp³-hybridized carbons (Fsp3) is 0.250. The monoisotopic (exact) mass is 300 g/mol. The number of carbonyl (C=O) groups is 1. The minimum Gasteiger partial charge on any atom is -0.497 e. The Balaban J connectivity index is 1.79. The average Bonchev–Trinajstić information content (AvgIpc) is 2.90. The lowest BCUT2D eigenvalue weighted by atomic mass is 10.2. The van der Waals surface area contributed by atoms with E-state index in [-0.39, 0.29) is 11.3 Å². The Morgan fingerprint density at radius 1 is 1.29 bits per heavy atom. The van der Waals surface area contributed by atoms with E-state index < -0.39 is 0 Å². The minimum absolute atomic E-state index is 0.000742. The molecule has 1 fully saturated rings. The van der Waals surface area contributed by atoms with Gasteiger partial charge in [0.2, 0.25) is 5.91 Å². The number of hydrogen-bond donors (Lipinski definition) is 0. The van der Waals surface area contributed by atoms with Gasteiger partial charge in [-0.15, -0.1) is 11.8 Å². The van der Waals surface area contributed by atoms with Crippen molar-refractivity contribution in [3.05, 3.63) is 59.9 Å². The molecule has 0 bridgehead atoms. The summed E-state index contributed by atoms with van der Waals surface area (Å²) < 4.78 is 5.16. The number of benzene rings is 1. The van der Waals surface area contributed by atoms with Crippen molar-refractivity contribution < 1.29 is 9.53 Å². The number of carbonyl (C=O) groups excluding carboxylic acids is 1. The normalized spacial score (nSPS) is 18.0. The van der Waals surface area contributed by atoms with Crippen molar-refractivity contribution >= 4 is 17.7 Å². The van der Waals surface area contributed by atoms with E-state index in [1.807, 2.05) is 47.4 Å². The molecule has 21 heavy (non-hydrogen) atoms. The summed E-state index contributed by atoms with van der Waals surface area (Å²) in [4.78, 5) is 18.4. The smallest absolute Gasteiger partial charge is 0.234 e. The standard InChI is InChI=1S/C16H16N2O2S/c1-20-13-7-5-12(6-8-13)10-18-15(19)11-21-16(18)14-4-2-3-9-17-14/h2-9,16H,10-11H2,1H3/t16-/m0/s1. The number of ether oxygens (including phenoxy) is 1. The van der Waals surface area contributed by atoms with Gasteiger partial charge in [0.1, 0.15) is 11.1 Å². The van der Waals surface area contributed by atoms with Gasteiger partial charge in [0.25, 0.3) is 0 Å². The van der Waals surface area contributed by atoms with Gasteiger partial charge in [-0.3, -0.25) is 9.78 Å². The summed E-state index contributed by atoms with van der Waals surface area (Å²) in [5, 5.41) is 0.000742. The maximum Gasteiger partial charge on any atom is 0.234 e. The molecule has 1 aromatic carbocycles. The van der Waals surface area contributed by atoms with Crippen molar-refractivity contribution in [3.63, 3.8) is 0 Å². The zero-order chi connectivity index (χ0) is 14.7. The summed E-state index contributed by atoms with van der Waals surface area (Å²) >= 11 is 1.63. The van der Waals surface area contributed by atoms with Crippen LogP contribution >= 0.6 is 11.8 Å². The van der Waals surface area contributed by atoms with E-state index in [4.69, 9.17) is 4.74 Å². The molecule has 0 radical (unpaired) electrons. The zero-order valence-corrected chi connectivity index (χ0v) is 12.5. The molecule has 2 heterocycles. The van der Waals surface area contributed by atoms with Crippen LogP contribution in [0.5, 0.6) is 5.75 Å². The van der Waals surface area contributed by atoms with Gasteiger partial charge in [0.15, 0.2) is 0 Å². The fourth-order valence-electron chi connectivity index (χ4n) is 2.32. The lowest BCUT2D eigenvalue weighted by molar-refractivity contribution is -0.128. The third-order valence-electron chi connectivity index (χ3n) is 3.42. The SMILES string of the molecule is COc1ccc(CN2C(=O)CS[C@H]2c2ccccn2)cc1. The highest BCUT2D eigenvalue weighted by Crippen LogP contribution is 2.38. The maximum absolute atomic E-state index is 12.1. The molecule has 1 atom stereocenters. The number of aromatic nitrogens is 1. The molecule has 1 aromatic heterocycles. The molecule has 1 aliphatic heterocycles. The molecular weight excluding hydrogens is 284 g/mol. The second kappa shape index (κ2) is 6.18. The van der Waals surface area contributed by atoms with E-state index in [9.17, 15) is 4.79 Å². The van der Waals surface area contributed by atoms with Crippen LogP contribution in [0.4, 0.5) is 0 Å². The maximum atomic E-state index is 12.1. The summed E-state index contributed by atoms with van der Waals surface area (Å²) in [5.41, 5.74) is 2.02. The van der Waals surface area contributed by atoms with E-state index in [1.54, 1.807) is 25.1 Å². The van der Waals surface area contributed by atoms with E-state index in [0.717, 1.165) is 17.0 Å². The predicted molar refractivity (Wildman–Crippen MR) is 83.0 cm³/mol. The Kier molecular flexibility index (Phi) is 4.10. The van der Waals surface area contributed by atoms with Gasteiger partial charge in [0, 0.05) is 12.7 Å². The van der Waals surface area contributed by atoms with Gasteiger partial charge < -0.3 is 9.64 Å². The van der Waals surface area contributed by atoms with Crippen LogP contribution in [-0.2, 0) is 11.3 Å². The second-order valence-corrected chi connectivity index (χ2v) is 5.86. The molecular formula is C16H16N2O2S. The van der Waals surface area contributed by atoms with Crippen molar-refractivity contribution in [2.45, 2.75) is 11.9 Å². The van der Waals surface area contributed by atoms with Crippen molar-refractivity contribution in [2.75, 3.05) is 12.9 Å². The highest BCUT2D eigenvalue weighted by Gasteiger charge is 2.33. The molecule has 1 saturated heterocycles. The summed E-state index contributed by atoms with van der Waals surface area (Å²) in [7, 11) is 1.65. The van der Waals surface area contributed by atoms with Crippen LogP contribution in [0.2, 0.25) is 0 Å². The Bertz CT molecular complexity index is 616. The van der Waals surface area contributed by atoms with Gasteiger partial charge in [-0.2, -0.15) is 0 Å². The van der Waals surface area contributed by atoms with E-state index in [0.29, 0.717) is 12.3 Å². The molecule has 1 aliphatic rings. The van der Waals surface area contributed by atoms with Crippen LogP contribution in [0, 0.1) is 0 Å². The van der Waals surface area contributed by atoms with Crippen LogP contribution in [0.1, 0.15) is 16.6 Å². The van der Waals surface area contributed by atoms with Crippen LogP contribution in [0.3, 0.4) is 0 Å². The molecule has 0 N–H and O–H groups in total. The summed E-state index contributed by atoms with van der Waals surface area (Å²) in [6.45, 7) is 0.594. The zero-order valence-electron chi connectivity index (χ0n) is 11.7. The van der Waals surface area contributed by atoms with Crippen molar-refractivity contribution in [1.29, 1.82) is 0 Å². The molecule has 5 heteroatoms. The first kappa shape index (κ1) is 13.9. The molecule has 0 aliphatic carbocycles. The first-order valence-electron chi connectivity index (χ1n) is 6.73. The first-order valence-corrected chi connectivity index (χ1v) is 7.78. The third-order valence-corrected chi connectivity index (χ3v) is 4.65. The third kappa shape index (κ3) is 3.03. The number of rotatable bonds is 4. The topological polar surface area (TPSA) is 42.4 Å². The molecule has 3 rings (SSSR count). The van der Waals surface area contributed by atoms with Gasteiger partial charge >= 0.3 is 0 Å². The Hall–Kier alpha value is -2.01.